The fraction of sp³-hybridized carbons (Fsp3) is 1.00. The van der Waals surface area contributed by atoms with Crippen molar-refractivity contribution >= 4 is 15.9 Å². The Labute approximate surface area is 96.1 Å². The average molecular weight is 264 g/mol. The summed E-state index contributed by atoms with van der Waals surface area (Å²) >= 11 is 3.53. The zero-order valence-corrected chi connectivity index (χ0v) is 10.9. The molecule has 1 aliphatic rings. The first-order chi connectivity index (χ1) is 6.77. The van der Waals surface area contributed by atoms with E-state index in [4.69, 9.17) is 4.74 Å². The minimum absolute atomic E-state index is 0.356. The zero-order valence-electron chi connectivity index (χ0n) is 9.34. The van der Waals surface area contributed by atoms with Gasteiger partial charge in [-0.05, 0) is 19.8 Å². The van der Waals surface area contributed by atoms with Crippen molar-refractivity contribution in [2.24, 2.45) is 0 Å². The van der Waals surface area contributed by atoms with Gasteiger partial charge >= 0.3 is 0 Å². The van der Waals surface area contributed by atoms with Crippen LogP contribution in [0.25, 0.3) is 0 Å². The average Bonchev–Trinajstić information content (AvgIpc) is 2.69. The van der Waals surface area contributed by atoms with Crippen molar-refractivity contribution in [1.29, 1.82) is 0 Å². The van der Waals surface area contributed by atoms with Crippen molar-refractivity contribution in [2.75, 3.05) is 25.5 Å². The molecule has 0 spiro atoms. The maximum atomic E-state index is 5.33. The molecule has 0 amide bonds. The monoisotopic (exact) mass is 263 g/mol. The number of hydrogen-bond acceptors (Lipinski definition) is 2. The van der Waals surface area contributed by atoms with Crippen LogP contribution >= 0.6 is 15.9 Å². The fourth-order valence-corrected chi connectivity index (χ4v) is 2.66. The molecular formula is C11H22BrNO. The predicted octanol–water partition coefficient (Wildman–Crippen LogP) is 2.66. The molecule has 1 fully saturated rings. The molecule has 1 saturated carbocycles. The SMILES string of the molecule is COC(C)CN(CCBr)C1CCCC1. The first-order valence-electron chi connectivity index (χ1n) is 5.60. The summed E-state index contributed by atoms with van der Waals surface area (Å²) < 4.78 is 5.33. The molecule has 2 nitrogen and oxygen atoms in total. The summed E-state index contributed by atoms with van der Waals surface area (Å²) in [6.45, 7) is 4.38. The van der Waals surface area contributed by atoms with Gasteiger partial charge in [0.2, 0.25) is 0 Å². The van der Waals surface area contributed by atoms with Gasteiger partial charge in [-0.15, -0.1) is 0 Å². The fourth-order valence-electron chi connectivity index (χ4n) is 2.21. The van der Waals surface area contributed by atoms with E-state index in [0.717, 1.165) is 24.5 Å². The van der Waals surface area contributed by atoms with Crippen molar-refractivity contribution in [2.45, 2.75) is 44.8 Å². The van der Waals surface area contributed by atoms with Crippen LogP contribution < -0.4 is 0 Å². The third kappa shape index (κ3) is 3.87. The second-order valence-corrected chi connectivity index (χ2v) is 4.96. The molecule has 14 heavy (non-hydrogen) atoms. The highest BCUT2D eigenvalue weighted by atomic mass is 79.9. The van der Waals surface area contributed by atoms with E-state index >= 15 is 0 Å². The summed E-state index contributed by atoms with van der Waals surface area (Å²) in [6.07, 6.45) is 5.93. The zero-order chi connectivity index (χ0) is 10.4. The minimum atomic E-state index is 0.356. The molecule has 0 radical (unpaired) electrons. The number of methoxy groups -OCH3 is 1. The molecule has 0 aromatic carbocycles. The van der Waals surface area contributed by atoms with Gasteiger partial charge in [0.15, 0.2) is 0 Å². The van der Waals surface area contributed by atoms with E-state index in [-0.39, 0.29) is 0 Å². The van der Waals surface area contributed by atoms with E-state index in [1.807, 2.05) is 0 Å². The Hall–Kier alpha value is 0.400. The van der Waals surface area contributed by atoms with Gasteiger partial charge in [0, 0.05) is 31.6 Å². The van der Waals surface area contributed by atoms with Crippen LogP contribution in [0.15, 0.2) is 0 Å². The highest BCUT2D eigenvalue weighted by Gasteiger charge is 2.23. The Morgan fingerprint density at radius 1 is 1.43 bits per heavy atom. The maximum Gasteiger partial charge on any atom is 0.0670 e. The third-order valence-electron chi connectivity index (χ3n) is 3.11. The number of halogens is 1. The van der Waals surface area contributed by atoms with Crippen LogP contribution in [0.4, 0.5) is 0 Å². The van der Waals surface area contributed by atoms with Crippen molar-refractivity contribution in [3.63, 3.8) is 0 Å². The largest absolute Gasteiger partial charge is 0.380 e. The lowest BCUT2D eigenvalue weighted by atomic mass is 10.2. The molecule has 1 aliphatic carbocycles. The summed E-state index contributed by atoms with van der Waals surface area (Å²) in [5.41, 5.74) is 0. The molecule has 0 heterocycles. The highest BCUT2D eigenvalue weighted by molar-refractivity contribution is 9.09. The van der Waals surface area contributed by atoms with E-state index in [1.54, 1.807) is 7.11 Å². The van der Waals surface area contributed by atoms with E-state index in [0.29, 0.717) is 6.10 Å². The smallest absolute Gasteiger partial charge is 0.0670 e. The Bertz CT molecular complexity index is 148. The van der Waals surface area contributed by atoms with Gasteiger partial charge in [-0.1, -0.05) is 28.8 Å². The first-order valence-corrected chi connectivity index (χ1v) is 6.73. The molecule has 0 aromatic rings. The van der Waals surface area contributed by atoms with Crippen molar-refractivity contribution in [3.8, 4) is 0 Å². The van der Waals surface area contributed by atoms with Crippen molar-refractivity contribution < 1.29 is 4.74 Å². The van der Waals surface area contributed by atoms with Gasteiger partial charge in [-0.3, -0.25) is 4.90 Å². The predicted molar refractivity (Wildman–Crippen MR) is 64.1 cm³/mol. The standard InChI is InChI=1S/C11H22BrNO/c1-10(14-2)9-13(8-7-12)11-5-3-4-6-11/h10-11H,3-9H2,1-2H3. The second kappa shape index (κ2) is 6.81. The summed E-state index contributed by atoms with van der Waals surface area (Å²) in [5.74, 6) is 0. The third-order valence-corrected chi connectivity index (χ3v) is 3.46. The molecule has 1 atom stereocenters. The van der Waals surface area contributed by atoms with Gasteiger partial charge in [0.05, 0.1) is 6.10 Å². The maximum absolute atomic E-state index is 5.33. The number of rotatable bonds is 6. The van der Waals surface area contributed by atoms with Gasteiger partial charge in [-0.2, -0.15) is 0 Å². The molecule has 1 unspecified atom stereocenters. The molecule has 0 saturated heterocycles. The molecule has 1 rings (SSSR count). The van der Waals surface area contributed by atoms with E-state index in [1.165, 1.54) is 25.7 Å². The number of hydrogen-bond donors (Lipinski definition) is 0. The van der Waals surface area contributed by atoms with Crippen LogP contribution in [0.5, 0.6) is 0 Å². The van der Waals surface area contributed by atoms with Crippen LogP contribution in [0.2, 0.25) is 0 Å². The molecule has 0 aliphatic heterocycles. The normalized spacial score (nSPS) is 20.6. The number of nitrogens with zero attached hydrogens (tertiary/aromatic N) is 1. The summed E-state index contributed by atoms with van der Waals surface area (Å²) in [5, 5.41) is 1.07. The van der Waals surface area contributed by atoms with Crippen LogP contribution in [-0.2, 0) is 4.74 Å². The van der Waals surface area contributed by atoms with Crippen LogP contribution in [0.1, 0.15) is 32.6 Å². The molecule has 3 heteroatoms. The Kier molecular flexibility index (Phi) is 6.06. The lowest BCUT2D eigenvalue weighted by molar-refractivity contribution is 0.0636. The first kappa shape index (κ1) is 12.5. The van der Waals surface area contributed by atoms with Gasteiger partial charge in [-0.25, -0.2) is 0 Å². The van der Waals surface area contributed by atoms with E-state index < -0.39 is 0 Å². The van der Waals surface area contributed by atoms with Gasteiger partial charge in [0.25, 0.3) is 0 Å². The number of alkyl halides is 1. The Morgan fingerprint density at radius 2 is 2.07 bits per heavy atom. The number of ether oxygens (including phenoxy) is 1. The highest BCUT2D eigenvalue weighted by Crippen LogP contribution is 2.23. The van der Waals surface area contributed by atoms with Crippen LogP contribution in [0.3, 0.4) is 0 Å². The molecule has 0 bridgehead atoms. The second-order valence-electron chi connectivity index (χ2n) is 4.17. The lowest BCUT2D eigenvalue weighted by Crippen LogP contribution is -2.40. The van der Waals surface area contributed by atoms with Crippen molar-refractivity contribution in [3.05, 3.63) is 0 Å². The minimum Gasteiger partial charge on any atom is -0.380 e. The summed E-state index contributed by atoms with van der Waals surface area (Å²) in [4.78, 5) is 2.58. The van der Waals surface area contributed by atoms with Gasteiger partial charge < -0.3 is 4.74 Å². The van der Waals surface area contributed by atoms with Crippen molar-refractivity contribution in [1.82, 2.24) is 4.90 Å². The summed E-state index contributed by atoms with van der Waals surface area (Å²) in [6, 6.07) is 0.810. The molecule has 84 valence electrons. The van der Waals surface area contributed by atoms with Crippen LogP contribution in [0, 0.1) is 0 Å². The van der Waals surface area contributed by atoms with Crippen LogP contribution in [-0.4, -0.2) is 42.6 Å². The lowest BCUT2D eigenvalue weighted by Gasteiger charge is -2.30. The molecule has 0 aromatic heterocycles. The van der Waals surface area contributed by atoms with Gasteiger partial charge in [0.1, 0.15) is 0 Å². The Morgan fingerprint density at radius 3 is 2.57 bits per heavy atom. The molecular weight excluding hydrogens is 242 g/mol. The molecule has 0 N–H and O–H groups in total. The topological polar surface area (TPSA) is 12.5 Å². The van der Waals surface area contributed by atoms with E-state index in [9.17, 15) is 0 Å². The quantitative estimate of drug-likeness (QED) is 0.684. The van der Waals surface area contributed by atoms with E-state index in [2.05, 4.69) is 27.8 Å². The summed E-state index contributed by atoms with van der Waals surface area (Å²) in [7, 11) is 1.80. The Balaban J connectivity index is 2.36.